The first-order valence-electron chi connectivity index (χ1n) is 21.2. The van der Waals surface area contributed by atoms with Crippen molar-refractivity contribution in [2.75, 3.05) is 4.90 Å². The number of thiophene rings is 1. The van der Waals surface area contributed by atoms with E-state index in [1.807, 2.05) is 25.2 Å². The maximum absolute atomic E-state index is 2.74. The zero-order chi connectivity index (χ0) is 38.4. The lowest BCUT2D eigenvalue weighted by Crippen LogP contribution is -2.35. The first kappa shape index (κ1) is 38.9. The molecule has 57 heavy (non-hydrogen) atoms. The number of nitrogens with zero attached hydrogens (tertiary/aromatic N) is 1. The molecular weight excluding hydrogens is 707 g/mol. The number of fused-ring (bicyclic) bond motifs is 7. The van der Waals surface area contributed by atoms with Gasteiger partial charge in [0, 0.05) is 48.8 Å². The molecule has 1 aromatic heterocycles. The highest BCUT2D eigenvalue weighted by atomic mass is 32.1. The van der Waals surface area contributed by atoms with Gasteiger partial charge in [-0.15, -0.1) is 11.3 Å². The van der Waals surface area contributed by atoms with E-state index in [2.05, 4.69) is 171 Å². The average Bonchev–Trinajstić information content (AvgIpc) is 3.91. The van der Waals surface area contributed by atoms with E-state index >= 15 is 0 Å². The van der Waals surface area contributed by atoms with Gasteiger partial charge in [0.2, 0.25) is 0 Å². The van der Waals surface area contributed by atoms with Gasteiger partial charge in [-0.3, -0.25) is 0 Å². The fraction of sp³-hybridized carbons (Fsp3) is 0.309. The van der Waals surface area contributed by atoms with Crippen molar-refractivity contribution in [2.24, 2.45) is 11.8 Å². The Hall–Kier alpha value is -4.92. The van der Waals surface area contributed by atoms with E-state index in [1.165, 1.54) is 77.8 Å². The van der Waals surface area contributed by atoms with Crippen LogP contribution in [0.4, 0.5) is 5.69 Å². The maximum atomic E-state index is 2.74. The molecule has 4 aromatic carbocycles. The monoisotopic (exact) mass is 765 g/mol. The fourth-order valence-electron chi connectivity index (χ4n) is 10.3. The first-order chi connectivity index (χ1) is 27.4. The van der Waals surface area contributed by atoms with Crippen LogP contribution < -0.4 is 4.90 Å². The summed E-state index contributed by atoms with van der Waals surface area (Å²) in [5, 5.41) is 2.83. The predicted octanol–water partition coefficient (Wildman–Crippen LogP) is 16.1. The molecule has 0 bridgehead atoms. The van der Waals surface area contributed by atoms with Crippen LogP contribution in [-0.4, -0.2) is 6.04 Å². The lowest BCUT2D eigenvalue weighted by atomic mass is 9.80. The predicted molar refractivity (Wildman–Crippen MR) is 251 cm³/mol. The molecule has 290 valence electrons. The second-order valence-corrected chi connectivity index (χ2v) is 17.7. The van der Waals surface area contributed by atoms with Gasteiger partial charge in [0.1, 0.15) is 0 Å². The third-order valence-corrected chi connectivity index (χ3v) is 14.2. The Kier molecular flexibility index (Phi) is 11.0. The Morgan fingerprint density at radius 3 is 2.37 bits per heavy atom. The number of anilines is 1. The van der Waals surface area contributed by atoms with Gasteiger partial charge in [-0.05, 0) is 107 Å². The van der Waals surface area contributed by atoms with E-state index in [9.17, 15) is 0 Å². The molecule has 5 aliphatic rings. The van der Waals surface area contributed by atoms with Crippen LogP contribution in [0.5, 0.6) is 0 Å². The van der Waals surface area contributed by atoms with Crippen molar-refractivity contribution in [3.05, 3.63) is 179 Å². The van der Waals surface area contributed by atoms with Crippen LogP contribution in [-0.2, 0) is 5.41 Å². The summed E-state index contributed by atoms with van der Waals surface area (Å²) in [6.45, 7) is 11.4. The van der Waals surface area contributed by atoms with Crippen molar-refractivity contribution in [1.82, 2.24) is 0 Å². The summed E-state index contributed by atoms with van der Waals surface area (Å²) in [5.74, 6) is 1.27. The molecule has 0 spiro atoms. The summed E-state index contributed by atoms with van der Waals surface area (Å²) < 4.78 is 2.91. The largest absolute Gasteiger partial charge is 0.335 e. The SMILES string of the molecule is C.CC.CC1C=C(N(c2cc(C3=CC=CCC3)cc(-c3ccccc3)c2)C2C=C3C(CCC2)c2c(ccc4c2sc2ccccc24)C3(C)C)C=CC1C1=CCC=C1. The second-order valence-electron chi connectivity index (χ2n) is 16.6. The molecule has 0 radical (unpaired) electrons. The van der Waals surface area contributed by atoms with Crippen LogP contribution in [0.3, 0.4) is 0 Å². The molecule has 0 amide bonds. The number of allylic oxidation sites excluding steroid dienone is 12. The van der Waals surface area contributed by atoms with Crippen molar-refractivity contribution in [2.45, 2.75) is 97.9 Å². The lowest BCUT2D eigenvalue weighted by Gasteiger charge is -2.37. The van der Waals surface area contributed by atoms with E-state index in [-0.39, 0.29) is 18.9 Å². The van der Waals surface area contributed by atoms with Crippen molar-refractivity contribution in [1.29, 1.82) is 0 Å². The van der Waals surface area contributed by atoms with E-state index in [4.69, 9.17) is 0 Å². The molecule has 5 aromatic rings. The number of benzene rings is 4. The smallest absolute Gasteiger partial charge is 0.0525 e. The highest BCUT2D eigenvalue weighted by molar-refractivity contribution is 7.26. The van der Waals surface area contributed by atoms with Gasteiger partial charge in [0.25, 0.3) is 0 Å². The molecule has 1 nitrogen and oxygen atoms in total. The van der Waals surface area contributed by atoms with Crippen molar-refractivity contribution < 1.29 is 0 Å². The number of rotatable bonds is 6. The molecule has 0 saturated heterocycles. The van der Waals surface area contributed by atoms with Crippen LogP contribution in [0.15, 0.2) is 163 Å². The number of hydrogen-bond acceptors (Lipinski definition) is 2. The second kappa shape index (κ2) is 16.1. The third-order valence-electron chi connectivity index (χ3n) is 13.0. The molecule has 4 atom stereocenters. The molecule has 4 unspecified atom stereocenters. The molecular formula is C55H59NS. The minimum atomic E-state index is -0.0363. The van der Waals surface area contributed by atoms with E-state index < -0.39 is 0 Å². The Labute approximate surface area is 346 Å². The third kappa shape index (κ3) is 6.95. The highest BCUT2D eigenvalue weighted by Gasteiger charge is 2.44. The van der Waals surface area contributed by atoms with Crippen LogP contribution in [0.1, 0.15) is 103 Å². The summed E-state index contributed by atoms with van der Waals surface area (Å²) in [6, 6.07) is 32.5. The fourth-order valence-corrected chi connectivity index (χ4v) is 11.6. The summed E-state index contributed by atoms with van der Waals surface area (Å²) in [5.41, 5.74) is 14.1. The van der Waals surface area contributed by atoms with Gasteiger partial charge in [-0.1, -0.05) is 169 Å². The number of hydrogen-bond donors (Lipinski definition) is 0. The van der Waals surface area contributed by atoms with Crippen LogP contribution in [0, 0.1) is 11.8 Å². The van der Waals surface area contributed by atoms with Gasteiger partial charge in [-0.2, -0.15) is 0 Å². The van der Waals surface area contributed by atoms with Crippen molar-refractivity contribution in [3.8, 4) is 11.1 Å². The van der Waals surface area contributed by atoms with Gasteiger partial charge in [0.05, 0.1) is 6.04 Å². The Morgan fingerprint density at radius 2 is 1.60 bits per heavy atom. The quantitative estimate of drug-likeness (QED) is 0.156. The first-order valence-corrected chi connectivity index (χ1v) is 22.0. The minimum absolute atomic E-state index is 0. The van der Waals surface area contributed by atoms with Gasteiger partial charge < -0.3 is 4.90 Å². The average molecular weight is 766 g/mol. The topological polar surface area (TPSA) is 3.24 Å². The van der Waals surface area contributed by atoms with Crippen molar-refractivity contribution >= 4 is 42.8 Å². The molecule has 0 N–H and O–H groups in total. The zero-order valence-electron chi connectivity index (χ0n) is 33.8. The summed E-state index contributed by atoms with van der Waals surface area (Å²) >= 11 is 2.01. The Morgan fingerprint density at radius 1 is 0.789 bits per heavy atom. The van der Waals surface area contributed by atoms with Crippen molar-refractivity contribution in [3.63, 3.8) is 0 Å². The van der Waals surface area contributed by atoms with Gasteiger partial charge in [0.15, 0.2) is 0 Å². The minimum Gasteiger partial charge on any atom is -0.335 e. The molecule has 2 heteroatoms. The summed E-state index contributed by atoms with van der Waals surface area (Å²) in [7, 11) is 0. The molecule has 1 heterocycles. The molecule has 0 saturated carbocycles. The van der Waals surface area contributed by atoms with Crippen LogP contribution >= 0.6 is 11.3 Å². The van der Waals surface area contributed by atoms with Gasteiger partial charge in [-0.25, -0.2) is 0 Å². The molecule has 0 fully saturated rings. The molecule has 10 rings (SSSR count). The zero-order valence-corrected chi connectivity index (χ0v) is 34.6. The Bertz CT molecular complexity index is 2510. The van der Waals surface area contributed by atoms with Gasteiger partial charge >= 0.3 is 0 Å². The molecule has 0 aliphatic heterocycles. The van der Waals surface area contributed by atoms with E-state index in [0.29, 0.717) is 17.8 Å². The molecule has 5 aliphatic carbocycles. The summed E-state index contributed by atoms with van der Waals surface area (Å²) in [6.07, 6.45) is 30.9. The Balaban J connectivity index is 0.00000149. The van der Waals surface area contributed by atoms with Crippen LogP contribution in [0.25, 0.3) is 36.9 Å². The maximum Gasteiger partial charge on any atom is 0.0525 e. The standard InChI is InChI=1S/C52H49NS.C2H6.CH4/c1-34-29-41(25-26-43(34)37-19-10-11-20-37)53(42-31-38(35-15-6-4-7-16-35)30-39(32-42)36-17-8-5-9-18-36)40-21-14-23-46-48(33-40)52(2,3)47-28-27-45-44-22-12-13-24-49(44)54-51(45)50(46)47;1-2;/h4-8,10,12-13,15-17,19-20,22,24-34,40,43,46H,9,11,14,18,21,23H2,1-3H3;1-2H3;1H4. The summed E-state index contributed by atoms with van der Waals surface area (Å²) in [4.78, 5) is 2.74. The van der Waals surface area contributed by atoms with Crippen LogP contribution in [0.2, 0.25) is 0 Å². The lowest BCUT2D eigenvalue weighted by molar-refractivity contribution is 0.569. The van der Waals surface area contributed by atoms with E-state index in [1.54, 1.807) is 11.1 Å². The highest BCUT2D eigenvalue weighted by Crippen LogP contribution is 2.57. The van der Waals surface area contributed by atoms with E-state index in [0.717, 1.165) is 25.7 Å². The normalized spacial score (nSPS) is 23.0.